The summed E-state index contributed by atoms with van der Waals surface area (Å²) < 4.78 is 0. The molecule has 1 heterocycles. The van der Waals surface area contributed by atoms with Crippen molar-refractivity contribution in [1.29, 1.82) is 0 Å². The molecule has 0 bridgehead atoms. The SMILES string of the molecule is CC1=C(C(=O)O)C(c2cccc(Cl)c2Cl)C(C(=O)O)=C(C)N1O. The van der Waals surface area contributed by atoms with Crippen LogP contribution in [0, 0.1) is 0 Å². The molecule has 23 heavy (non-hydrogen) atoms. The van der Waals surface area contributed by atoms with Gasteiger partial charge in [-0.1, -0.05) is 35.3 Å². The molecule has 0 amide bonds. The summed E-state index contributed by atoms with van der Waals surface area (Å²) in [4.78, 5) is 23.4. The number of halogens is 2. The molecule has 0 fully saturated rings. The number of rotatable bonds is 3. The molecule has 1 aromatic rings. The molecule has 1 aliphatic rings. The van der Waals surface area contributed by atoms with E-state index in [0.29, 0.717) is 5.06 Å². The number of hydrogen-bond acceptors (Lipinski definition) is 4. The molecule has 0 unspecified atom stereocenters. The fraction of sp³-hybridized carbons (Fsp3) is 0.200. The monoisotopic (exact) mass is 357 g/mol. The van der Waals surface area contributed by atoms with Crippen LogP contribution in [0.15, 0.2) is 40.7 Å². The zero-order chi connectivity index (χ0) is 17.5. The van der Waals surface area contributed by atoms with Gasteiger partial charge in [0.2, 0.25) is 0 Å². The third-order valence-corrected chi connectivity index (χ3v) is 4.58. The van der Waals surface area contributed by atoms with Gasteiger partial charge in [0.05, 0.1) is 38.5 Å². The van der Waals surface area contributed by atoms with Gasteiger partial charge in [-0.25, -0.2) is 14.7 Å². The molecule has 0 spiro atoms. The Balaban J connectivity index is 2.84. The van der Waals surface area contributed by atoms with Crippen LogP contribution >= 0.6 is 23.2 Å². The van der Waals surface area contributed by atoms with Gasteiger partial charge in [0.15, 0.2) is 0 Å². The van der Waals surface area contributed by atoms with Gasteiger partial charge in [0.1, 0.15) is 0 Å². The lowest BCUT2D eigenvalue weighted by molar-refractivity contribution is -0.134. The van der Waals surface area contributed by atoms with Gasteiger partial charge in [-0.15, -0.1) is 0 Å². The fourth-order valence-electron chi connectivity index (χ4n) is 2.65. The summed E-state index contributed by atoms with van der Waals surface area (Å²) in [6.07, 6.45) is 0. The van der Waals surface area contributed by atoms with Crippen LogP contribution in [0.25, 0.3) is 0 Å². The third-order valence-electron chi connectivity index (χ3n) is 3.75. The lowest BCUT2D eigenvalue weighted by atomic mass is 9.80. The van der Waals surface area contributed by atoms with Crippen LogP contribution < -0.4 is 0 Å². The second-order valence-electron chi connectivity index (χ2n) is 5.00. The third kappa shape index (κ3) is 2.81. The van der Waals surface area contributed by atoms with Crippen molar-refractivity contribution in [1.82, 2.24) is 5.06 Å². The smallest absolute Gasteiger partial charge is 0.334 e. The van der Waals surface area contributed by atoms with E-state index in [9.17, 15) is 25.0 Å². The van der Waals surface area contributed by atoms with Gasteiger partial charge in [0, 0.05) is 0 Å². The number of aliphatic carboxylic acids is 2. The van der Waals surface area contributed by atoms with Crippen molar-refractivity contribution in [3.05, 3.63) is 56.3 Å². The van der Waals surface area contributed by atoms with Crippen LogP contribution in [-0.2, 0) is 9.59 Å². The predicted octanol–water partition coefficient (Wildman–Crippen LogP) is 3.50. The number of carboxylic acids is 2. The van der Waals surface area contributed by atoms with Crippen LogP contribution in [-0.4, -0.2) is 32.4 Å². The largest absolute Gasteiger partial charge is 0.478 e. The standard InChI is InChI=1S/C15H13Cl2NO5/c1-6-10(14(19)20)12(8-4-3-5-9(16)13(8)17)11(15(21)22)7(2)18(6)23/h3-5,12,23H,1-2H3,(H,19,20)(H,21,22). The first-order chi connectivity index (χ1) is 10.7. The molecular formula is C15H13Cl2NO5. The van der Waals surface area contributed by atoms with E-state index >= 15 is 0 Å². The number of nitrogens with zero attached hydrogens (tertiary/aromatic N) is 1. The normalized spacial score (nSPS) is 16.1. The first-order valence-corrected chi connectivity index (χ1v) is 7.25. The average Bonchev–Trinajstić information content (AvgIpc) is 2.46. The molecule has 2 rings (SSSR count). The van der Waals surface area contributed by atoms with E-state index < -0.39 is 17.9 Å². The van der Waals surface area contributed by atoms with Crippen LogP contribution in [0.4, 0.5) is 0 Å². The van der Waals surface area contributed by atoms with E-state index in [0.717, 1.165) is 0 Å². The summed E-state index contributed by atoms with van der Waals surface area (Å²) in [5.41, 5.74) is -0.276. The molecule has 3 N–H and O–H groups in total. The van der Waals surface area contributed by atoms with Crippen molar-refractivity contribution in [2.45, 2.75) is 19.8 Å². The van der Waals surface area contributed by atoms with Gasteiger partial charge >= 0.3 is 11.9 Å². The molecule has 0 aromatic heterocycles. The number of carboxylic acid groups (broad SMARTS) is 2. The molecule has 6 nitrogen and oxygen atoms in total. The van der Waals surface area contributed by atoms with E-state index in [-0.39, 0.29) is 38.1 Å². The maximum Gasteiger partial charge on any atom is 0.334 e. The number of benzene rings is 1. The van der Waals surface area contributed by atoms with Crippen LogP contribution in [0.2, 0.25) is 10.0 Å². The van der Waals surface area contributed by atoms with Crippen LogP contribution in [0.1, 0.15) is 25.3 Å². The Hall–Kier alpha value is -2.02. The van der Waals surface area contributed by atoms with Gasteiger partial charge in [-0.05, 0) is 25.5 Å². The Morgan fingerprint density at radius 2 is 1.52 bits per heavy atom. The zero-order valence-electron chi connectivity index (χ0n) is 12.2. The lowest BCUT2D eigenvalue weighted by Crippen LogP contribution is -2.32. The molecule has 0 atom stereocenters. The second-order valence-corrected chi connectivity index (χ2v) is 5.78. The summed E-state index contributed by atoms with van der Waals surface area (Å²) in [6.45, 7) is 2.77. The van der Waals surface area contributed by atoms with Crippen molar-refractivity contribution in [3.8, 4) is 0 Å². The first kappa shape index (κ1) is 17.3. The Bertz CT molecular complexity index is 731. The van der Waals surface area contributed by atoms with E-state index in [1.807, 2.05) is 0 Å². The van der Waals surface area contributed by atoms with Gasteiger partial charge in [-0.2, -0.15) is 0 Å². The summed E-state index contributed by atoms with van der Waals surface area (Å²) in [5.74, 6) is -3.86. The number of hydroxylamine groups is 2. The number of hydrogen-bond donors (Lipinski definition) is 3. The quantitative estimate of drug-likeness (QED) is 0.765. The maximum absolute atomic E-state index is 11.7. The van der Waals surface area contributed by atoms with Crippen molar-refractivity contribution < 1.29 is 25.0 Å². The minimum Gasteiger partial charge on any atom is -0.478 e. The van der Waals surface area contributed by atoms with Gasteiger partial charge < -0.3 is 10.2 Å². The van der Waals surface area contributed by atoms with Crippen LogP contribution in [0.3, 0.4) is 0 Å². The summed E-state index contributed by atoms with van der Waals surface area (Å²) in [5, 5.41) is 29.9. The highest BCUT2D eigenvalue weighted by Crippen LogP contribution is 2.44. The molecular weight excluding hydrogens is 345 g/mol. The highest BCUT2D eigenvalue weighted by molar-refractivity contribution is 6.42. The van der Waals surface area contributed by atoms with Crippen molar-refractivity contribution >= 4 is 35.1 Å². The van der Waals surface area contributed by atoms with Gasteiger partial charge in [0.25, 0.3) is 0 Å². The zero-order valence-corrected chi connectivity index (χ0v) is 13.7. The summed E-state index contributed by atoms with van der Waals surface area (Å²) >= 11 is 12.1. The van der Waals surface area contributed by atoms with Crippen molar-refractivity contribution in [2.24, 2.45) is 0 Å². The van der Waals surface area contributed by atoms with Crippen LogP contribution in [0.5, 0.6) is 0 Å². The fourth-order valence-corrected chi connectivity index (χ4v) is 3.07. The highest BCUT2D eigenvalue weighted by atomic mass is 35.5. The summed E-state index contributed by atoms with van der Waals surface area (Å²) in [7, 11) is 0. The molecule has 0 radical (unpaired) electrons. The number of allylic oxidation sites excluding steroid dienone is 2. The van der Waals surface area contributed by atoms with E-state index in [4.69, 9.17) is 23.2 Å². The molecule has 1 aliphatic heterocycles. The lowest BCUT2D eigenvalue weighted by Gasteiger charge is -2.33. The molecule has 0 aliphatic carbocycles. The Kier molecular flexibility index (Phi) is 4.70. The molecule has 8 heteroatoms. The Labute approximate surface area is 141 Å². The number of carbonyl (C=O) groups is 2. The minimum absolute atomic E-state index is 0.0149. The topological polar surface area (TPSA) is 98.1 Å². The molecule has 0 saturated carbocycles. The molecule has 0 saturated heterocycles. The Morgan fingerprint density at radius 1 is 1.04 bits per heavy atom. The highest BCUT2D eigenvalue weighted by Gasteiger charge is 2.40. The van der Waals surface area contributed by atoms with E-state index in [1.165, 1.54) is 26.0 Å². The van der Waals surface area contributed by atoms with Gasteiger partial charge in [-0.3, -0.25) is 5.21 Å². The average molecular weight is 358 g/mol. The summed E-state index contributed by atoms with van der Waals surface area (Å²) in [6, 6.07) is 4.58. The van der Waals surface area contributed by atoms with Crippen molar-refractivity contribution in [3.63, 3.8) is 0 Å². The Morgan fingerprint density at radius 3 is 1.96 bits per heavy atom. The molecule has 1 aromatic carbocycles. The molecule has 122 valence electrons. The second kappa shape index (κ2) is 6.23. The van der Waals surface area contributed by atoms with E-state index in [1.54, 1.807) is 6.07 Å². The predicted molar refractivity (Wildman–Crippen MR) is 83.5 cm³/mol. The van der Waals surface area contributed by atoms with E-state index in [2.05, 4.69) is 0 Å². The first-order valence-electron chi connectivity index (χ1n) is 6.49. The maximum atomic E-state index is 11.7. The minimum atomic E-state index is -1.35. The van der Waals surface area contributed by atoms with Crippen molar-refractivity contribution in [2.75, 3.05) is 0 Å².